The molecule has 3 aliphatic carbocycles. The monoisotopic (exact) mass is 166 g/mol. The molecule has 0 spiro atoms. The van der Waals surface area contributed by atoms with Crippen LogP contribution < -0.4 is 0 Å². The maximum atomic E-state index is 11.9. The maximum Gasteiger partial charge on any atom is 0.142 e. The Morgan fingerprint density at radius 3 is 2.08 bits per heavy atom. The van der Waals surface area contributed by atoms with Crippen LogP contribution in [0.15, 0.2) is 0 Å². The molecule has 1 nitrogen and oxygen atoms in total. The van der Waals surface area contributed by atoms with Crippen molar-refractivity contribution in [3.8, 4) is 0 Å². The van der Waals surface area contributed by atoms with E-state index in [2.05, 4.69) is 20.8 Å². The van der Waals surface area contributed by atoms with Gasteiger partial charge in [-0.2, -0.15) is 0 Å². The lowest BCUT2D eigenvalue weighted by atomic mass is 9.50. The van der Waals surface area contributed by atoms with E-state index in [0.29, 0.717) is 17.1 Å². The topological polar surface area (TPSA) is 17.1 Å². The van der Waals surface area contributed by atoms with E-state index in [4.69, 9.17) is 0 Å². The van der Waals surface area contributed by atoms with Gasteiger partial charge in [0, 0.05) is 11.3 Å². The molecule has 3 fully saturated rings. The molecule has 0 radical (unpaired) electrons. The van der Waals surface area contributed by atoms with E-state index in [1.165, 1.54) is 12.8 Å². The Bertz CT molecular complexity index is 221. The van der Waals surface area contributed by atoms with Gasteiger partial charge in [-0.1, -0.05) is 20.8 Å². The SMILES string of the molecule is CC1C(=O)C2(C)CCC1(C)CC2. The summed E-state index contributed by atoms with van der Waals surface area (Å²) in [7, 11) is 0. The molecular weight excluding hydrogens is 148 g/mol. The smallest absolute Gasteiger partial charge is 0.142 e. The number of Topliss-reactive ketones (excluding diaryl/α,β-unsaturated/α-hetero) is 1. The fourth-order valence-electron chi connectivity index (χ4n) is 2.89. The van der Waals surface area contributed by atoms with Crippen LogP contribution >= 0.6 is 0 Å². The van der Waals surface area contributed by atoms with Crippen LogP contribution in [0, 0.1) is 16.7 Å². The number of carbonyl (C=O) groups is 1. The van der Waals surface area contributed by atoms with Gasteiger partial charge in [-0.15, -0.1) is 0 Å². The van der Waals surface area contributed by atoms with Crippen LogP contribution in [0.25, 0.3) is 0 Å². The third-order valence-corrected chi connectivity index (χ3v) is 4.53. The summed E-state index contributed by atoms with van der Waals surface area (Å²) in [5.74, 6) is 0.840. The zero-order valence-corrected chi connectivity index (χ0v) is 8.31. The first-order chi connectivity index (χ1) is 5.48. The van der Waals surface area contributed by atoms with E-state index in [1.54, 1.807) is 0 Å². The molecule has 0 heterocycles. The van der Waals surface area contributed by atoms with Gasteiger partial charge in [0.25, 0.3) is 0 Å². The summed E-state index contributed by atoms with van der Waals surface area (Å²) < 4.78 is 0. The third kappa shape index (κ3) is 0.826. The van der Waals surface area contributed by atoms with Crippen molar-refractivity contribution in [2.75, 3.05) is 0 Å². The molecule has 0 aromatic heterocycles. The molecular formula is C11H18O. The van der Waals surface area contributed by atoms with Gasteiger partial charge < -0.3 is 0 Å². The third-order valence-electron chi connectivity index (χ3n) is 4.53. The van der Waals surface area contributed by atoms with Crippen LogP contribution in [-0.4, -0.2) is 5.78 Å². The number of fused-ring (bicyclic) bond motifs is 3. The number of ketones is 1. The number of hydrogen-bond acceptors (Lipinski definition) is 1. The highest BCUT2D eigenvalue weighted by atomic mass is 16.1. The number of rotatable bonds is 0. The second-order valence-corrected chi connectivity index (χ2v) is 5.30. The van der Waals surface area contributed by atoms with E-state index >= 15 is 0 Å². The van der Waals surface area contributed by atoms with Gasteiger partial charge in [0.2, 0.25) is 0 Å². The Kier molecular flexibility index (Phi) is 1.47. The van der Waals surface area contributed by atoms with E-state index in [9.17, 15) is 4.79 Å². The summed E-state index contributed by atoms with van der Waals surface area (Å²) >= 11 is 0. The van der Waals surface area contributed by atoms with Crippen LogP contribution in [0.2, 0.25) is 0 Å². The molecule has 0 N–H and O–H groups in total. The van der Waals surface area contributed by atoms with Crippen molar-refractivity contribution in [2.24, 2.45) is 16.7 Å². The van der Waals surface area contributed by atoms with E-state index in [-0.39, 0.29) is 5.41 Å². The first-order valence-electron chi connectivity index (χ1n) is 5.02. The van der Waals surface area contributed by atoms with Gasteiger partial charge in [-0.3, -0.25) is 4.79 Å². The lowest BCUT2D eigenvalue weighted by Crippen LogP contribution is -2.51. The molecule has 0 saturated heterocycles. The van der Waals surface area contributed by atoms with Crippen molar-refractivity contribution in [3.05, 3.63) is 0 Å². The molecule has 3 saturated carbocycles. The van der Waals surface area contributed by atoms with E-state index in [1.807, 2.05) is 0 Å². The highest BCUT2D eigenvalue weighted by Gasteiger charge is 2.53. The zero-order chi connectivity index (χ0) is 8.98. The van der Waals surface area contributed by atoms with Gasteiger partial charge in [0.1, 0.15) is 5.78 Å². The van der Waals surface area contributed by atoms with Gasteiger partial charge in [-0.25, -0.2) is 0 Å². The van der Waals surface area contributed by atoms with E-state index in [0.717, 1.165) is 12.8 Å². The molecule has 0 aromatic rings. The Labute approximate surface area is 74.5 Å². The van der Waals surface area contributed by atoms with Crippen molar-refractivity contribution in [2.45, 2.75) is 46.5 Å². The van der Waals surface area contributed by atoms with Crippen molar-refractivity contribution in [1.29, 1.82) is 0 Å². The van der Waals surface area contributed by atoms with Gasteiger partial charge in [0.05, 0.1) is 0 Å². The van der Waals surface area contributed by atoms with Crippen LogP contribution in [0.4, 0.5) is 0 Å². The molecule has 0 aliphatic heterocycles. The molecule has 1 heteroatoms. The molecule has 3 aliphatic rings. The highest BCUT2D eigenvalue weighted by Crippen LogP contribution is 2.56. The molecule has 68 valence electrons. The summed E-state index contributed by atoms with van der Waals surface area (Å²) in [6.07, 6.45) is 4.78. The van der Waals surface area contributed by atoms with E-state index < -0.39 is 0 Å². The minimum atomic E-state index is 0.0528. The second-order valence-electron chi connectivity index (χ2n) is 5.30. The summed E-state index contributed by atoms with van der Waals surface area (Å²) in [4.78, 5) is 11.9. The maximum absolute atomic E-state index is 11.9. The van der Waals surface area contributed by atoms with Crippen LogP contribution in [0.5, 0.6) is 0 Å². The van der Waals surface area contributed by atoms with Crippen LogP contribution in [-0.2, 0) is 4.79 Å². The quantitative estimate of drug-likeness (QED) is 0.541. The predicted molar refractivity (Wildman–Crippen MR) is 48.9 cm³/mol. The average Bonchev–Trinajstić information content (AvgIpc) is 2.06. The van der Waals surface area contributed by atoms with Crippen molar-refractivity contribution in [1.82, 2.24) is 0 Å². The predicted octanol–water partition coefficient (Wildman–Crippen LogP) is 2.79. The molecule has 12 heavy (non-hydrogen) atoms. The lowest BCUT2D eigenvalue weighted by Gasteiger charge is -2.53. The normalized spacial score (nSPS) is 52.9. The molecule has 0 amide bonds. The minimum absolute atomic E-state index is 0.0528. The second kappa shape index (κ2) is 2.12. The van der Waals surface area contributed by atoms with Crippen LogP contribution in [0.1, 0.15) is 46.5 Å². The number of hydrogen-bond donors (Lipinski definition) is 0. The molecule has 3 rings (SSSR count). The Morgan fingerprint density at radius 1 is 1.17 bits per heavy atom. The Morgan fingerprint density at radius 2 is 1.67 bits per heavy atom. The van der Waals surface area contributed by atoms with Crippen molar-refractivity contribution < 1.29 is 4.79 Å². The molecule has 0 aromatic carbocycles. The summed E-state index contributed by atoms with van der Waals surface area (Å²) in [5, 5.41) is 0. The number of carbonyl (C=O) groups excluding carboxylic acids is 1. The van der Waals surface area contributed by atoms with Crippen molar-refractivity contribution in [3.63, 3.8) is 0 Å². The first kappa shape index (κ1) is 8.28. The molecule has 2 bridgehead atoms. The van der Waals surface area contributed by atoms with Crippen LogP contribution in [0.3, 0.4) is 0 Å². The molecule has 1 atom stereocenters. The van der Waals surface area contributed by atoms with Crippen molar-refractivity contribution >= 4 is 5.78 Å². The summed E-state index contributed by atoms with van der Waals surface area (Å²) in [6.45, 7) is 6.57. The molecule has 1 unspecified atom stereocenters. The Hall–Kier alpha value is -0.330. The first-order valence-corrected chi connectivity index (χ1v) is 5.02. The Balaban J connectivity index is 2.37. The summed E-state index contributed by atoms with van der Waals surface area (Å²) in [6, 6.07) is 0. The highest BCUT2D eigenvalue weighted by molar-refractivity contribution is 5.88. The lowest BCUT2D eigenvalue weighted by molar-refractivity contribution is -0.150. The zero-order valence-electron chi connectivity index (χ0n) is 8.31. The average molecular weight is 166 g/mol. The van der Waals surface area contributed by atoms with Gasteiger partial charge >= 0.3 is 0 Å². The summed E-state index contributed by atoms with van der Waals surface area (Å²) in [5.41, 5.74) is 0.395. The fourth-order valence-corrected chi connectivity index (χ4v) is 2.89. The largest absolute Gasteiger partial charge is 0.299 e. The standard InChI is InChI=1S/C11H18O/c1-8-9(12)11(3)6-4-10(8,2)5-7-11/h8H,4-7H2,1-3H3. The fraction of sp³-hybridized carbons (Fsp3) is 0.909. The minimum Gasteiger partial charge on any atom is -0.299 e. The van der Waals surface area contributed by atoms with Gasteiger partial charge in [-0.05, 0) is 31.1 Å². The van der Waals surface area contributed by atoms with Gasteiger partial charge in [0.15, 0.2) is 0 Å².